The normalized spacial score (nSPS) is 15.7. The molecule has 1 aliphatic rings. The van der Waals surface area contributed by atoms with Crippen LogP contribution < -0.4 is 21.1 Å². The lowest BCUT2D eigenvalue weighted by atomic mass is 10.0. The number of nitrogens with zero attached hydrogens (tertiary/aromatic N) is 2. The van der Waals surface area contributed by atoms with E-state index in [2.05, 4.69) is 20.6 Å². The van der Waals surface area contributed by atoms with E-state index in [1.807, 2.05) is 12.1 Å². The minimum Gasteiger partial charge on any atom is -0.494 e. The van der Waals surface area contributed by atoms with Gasteiger partial charge < -0.3 is 25.8 Å². The highest BCUT2D eigenvalue weighted by molar-refractivity contribution is 5.99. The summed E-state index contributed by atoms with van der Waals surface area (Å²) < 4.78 is 24.8. The van der Waals surface area contributed by atoms with Gasteiger partial charge in [-0.1, -0.05) is 12.1 Å². The highest BCUT2D eigenvalue weighted by atomic mass is 19.1. The lowest BCUT2D eigenvalue weighted by Gasteiger charge is -2.23. The van der Waals surface area contributed by atoms with Crippen molar-refractivity contribution < 1.29 is 18.7 Å². The number of amides is 1. The topological polar surface area (TPSA) is 111 Å². The standard InChI is InChI=1S/C27H30FN5O3/c1-30-10-7-23(29)26(17-5-6-24(35-2)22(28)14-17)33-27(34)18-3-4-19-16-31-25(15-20(19)13-18)32-21-8-11-36-12-9-21/h3-7,10,13-16,21,26H,8-9,11-12,29H2,1-2H3,(H,31,32)(H,33,34)/t26-/m1/s1. The summed E-state index contributed by atoms with van der Waals surface area (Å²) in [5.41, 5.74) is 7.50. The van der Waals surface area contributed by atoms with Crippen molar-refractivity contribution in [2.75, 3.05) is 32.7 Å². The van der Waals surface area contributed by atoms with Gasteiger partial charge in [0.25, 0.3) is 5.91 Å². The summed E-state index contributed by atoms with van der Waals surface area (Å²) in [7, 11) is 3.00. The number of nitrogens with one attached hydrogen (secondary N) is 2. The van der Waals surface area contributed by atoms with Crippen LogP contribution in [0.2, 0.25) is 0 Å². The van der Waals surface area contributed by atoms with Crippen molar-refractivity contribution >= 4 is 28.7 Å². The molecule has 1 amide bonds. The molecule has 0 unspecified atom stereocenters. The van der Waals surface area contributed by atoms with Gasteiger partial charge in [0, 0.05) is 55.4 Å². The molecular weight excluding hydrogens is 461 g/mol. The Morgan fingerprint density at radius 2 is 2.03 bits per heavy atom. The number of carbonyl (C=O) groups excluding carboxylic acids is 1. The Labute approximate surface area is 209 Å². The molecule has 9 heteroatoms. The van der Waals surface area contributed by atoms with Crippen LogP contribution in [0.25, 0.3) is 10.8 Å². The molecule has 2 heterocycles. The second-order valence-electron chi connectivity index (χ2n) is 8.54. The third-order valence-corrected chi connectivity index (χ3v) is 6.09. The first-order chi connectivity index (χ1) is 17.5. The maximum Gasteiger partial charge on any atom is 0.252 e. The van der Waals surface area contributed by atoms with Crippen molar-refractivity contribution in [3.63, 3.8) is 0 Å². The Bertz CT molecular complexity index is 1290. The summed E-state index contributed by atoms with van der Waals surface area (Å²) >= 11 is 0. The van der Waals surface area contributed by atoms with Gasteiger partial charge in [-0.2, -0.15) is 0 Å². The third kappa shape index (κ3) is 5.98. The number of methoxy groups -OCH3 is 1. The number of anilines is 1. The second-order valence-corrected chi connectivity index (χ2v) is 8.54. The Morgan fingerprint density at radius 1 is 1.22 bits per heavy atom. The summed E-state index contributed by atoms with van der Waals surface area (Å²) in [6.45, 7) is 1.47. The smallest absolute Gasteiger partial charge is 0.252 e. The van der Waals surface area contributed by atoms with Crippen LogP contribution in [0, 0.1) is 5.82 Å². The SMILES string of the molecule is CN=CC=C(N)[C@H](NC(=O)c1ccc2cnc(NC3CCOCC3)cc2c1)c1ccc(OC)c(F)c1. The average Bonchev–Trinajstić information content (AvgIpc) is 2.90. The minimum atomic E-state index is -0.769. The lowest BCUT2D eigenvalue weighted by molar-refractivity contribution is 0.0903. The van der Waals surface area contributed by atoms with E-state index in [0.717, 1.165) is 42.6 Å². The molecule has 4 N–H and O–H groups in total. The van der Waals surface area contributed by atoms with Crippen molar-refractivity contribution in [3.8, 4) is 5.75 Å². The van der Waals surface area contributed by atoms with Gasteiger partial charge in [-0.3, -0.25) is 9.79 Å². The van der Waals surface area contributed by atoms with Gasteiger partial charge >= 0.3 is 0 Å². The number of fused-ring (bicyclic) bond motifs is 1. The van der Waals surface area contributed by atoms with Crippen molar-refractivity contribution in [2.45, 2.75) is 24.9 Å². The zero-order valence-corrected chi connectivity index (χ0v) is 20.3. The lowest BCUT2D eigenvalue weighted by Crippen LogP contribution is -2.32. The zero-order valence-electron chi connectivity index (χ0n) is 20.3. The van der Waals surface area contributed by atoms with E-state index in [4.69, 9.17) is 15.2 Å². The van der Waals surface area contributed by atoms with E-state index in [9.17, 15) is 9.18 Å². The molecule has 2 aromatic carbocycles. The van der Waals surface area contributed by atoms with Gasteiger partial charge in [0.05, 0.1) is 13.2 Å². The van der Waals surface area contributed by atoms with Crippen molar-refractivity contribution in [1.82, 2.24) is 10.3 Å². The molecule has 188 valence electrons. The van der Waals surface area contributed by atoms with E-state index in [0.29, 0.717) is 22.9 Å². The van der Waals surface area contributed by atoms with Gasteiger partial charge in [-0.15, -0.1) is 0 Å². The van der Waals surface area contributed by atoms with E-state index in [1.165, 1.54) is 25.5 Å². The molecule has 8 nitrogen and oxygen atoms in total. The first kappa shape index (κ1) is 25.1. The van der Waals surface area contributed by atoms with Crippen LogP contribution in [0.3, 0.4) is 0 Å². The number of benzene rings is 2. The summed E-state index contributed by atoms with van der Waals surface area (Å²) in [5.74, 6) is -0.0352. The van der Waals surface area contributed by atoms with E-state index < -0.39 is 11.9 Å². The quantitative estimate of drug-likeness (QED) is 0.411. The molecule has 1 aliphatic heterocycles. The van der Waals surface area contributed by atoms with Gasteiger partial charge in [-0.05, 0) is 60.2 Å². The first-order valence-electron chi connectivity index (χ1n) is 11.7. The predicted octanol–water partition coefficient (Wildman–Crippen LogP) is 3.99. The average molecular weight is 492 g/mol. The summed E-state index contributed by atoms with van der Waals surface area (Å²) in [4.78, 5) is 21.7. The summed E-state index contributed by atoms with van der Waals surface area (Å²) in [5, 5.41) is 8.16. The highest BCUT2D eigenvalue weighted by Gasteiger charge is 2.20. The number of hydrogen-bond donors (Lipinski definition) is 3. The maximum absolute atomic E-state index is 14.4. The van der Waals surface area contributed by atoms with E-state index in [-0.39, 0.29) is 11.7 Å². The monoisotopic (exact) mass is 491 g/mol. The number of aliphatic imine (C=N–C) groups is 1. The molecule has 0 bridgehead atoms. The van der Waals surface area contributed by atoms with Gasteiger partial charge in [0.1, 0.15) is 5.82 Å². The van der Waals surface area contributed by atoms with Crippen LogP contribution in [0.1, 0.15) is 34.8 Å². The fourth-order valence-electron chi connectivity index (χ4n) is 4.10. The van der Waals surface area contributed by atoms with Crippen LogP contribution in [-0.2, 0) is 4.74 Å². The van der Waals surface area contributed by atoms with Gasteiger partial charge in [-0.25, -0.2) is 9.37 Å². The third-order valence-electron chi connectivity index (χ3n) is 6.09. The molecule has 1 atom stereocenters. The number of aromatic nitrogens is 1. The number of halogens is 1. The molecule has 36 heavy (non-hydrogen) atoms. The van der Waals surface area contributed by atoms with E-state index in [1.54, 1.807) is 37.5 Å². The molecule has 1 saturated heterocycles. The van der Waals surface area contributed by atoms with E-state index >= 15 is 0 Å². The number of ether oxygens (including phenoxy) is 2. The Hall–Kier alpha value is -3.98. The number of hydrogen-bond acceptors (Lipinski definition) is 7. The number of pyridine rings is 1. The Balaban J connectivity index is 1.59. The largest absolute Gasteiger partial charge is 0.494 e. The van der Waals surface area contributed by atoms with Crippen molar-refractivity contribution in [2.24, 2.45) is 10.7 Å². The molecule has 0 spiro atoms. The molecule has 0 radical (unpaired) electrons. The fraction of sp³-hybridized carbons (Fsp3) is 0.296. The van der Waals surface area contributed by atoms with Crippen LogP contribution in [0.15, 0.2) is 65.4 Å². The first-order valence-corrected chi connectivity index (χ1v) is 11.7. The minimum absolute atomic E-state index is 0.106. The number of rotatable bonds is 8. The van der Waals surface area contributed by atoms with Gasteiger partial charge in [0.15, 0.2) is 11.6 Å². The number of allylic oxidation sites excluding steroid dienone is 1. The fourth-order valence-corrected chi connectivity index (χ4v) is 4.10. The van der Waals surface area contributed by atoms with Crippen LogP contribution in [-0.4, -0.2) is 50.5 Å². The summed E-state index contributed by atoms with van der Waals surface area (Å²) in [6.07, 6.45) is 6.73. The Kier molecular flexibility index (Phi) is 8.12. The number of carbonyl (C=O) groups is 1. The molecule has 1 fully saturated rings. The predicted molar refractivity (Wildman–Crippen MR) is 139 cm³/mol. The number of nitrogens with two attached hydrogens (primary N) is 1. The maximum atomic E-state index is 14.4. The molecule has 0 saturated carbocycles. The van der Waals surface area contributed by atoms with Crippen molar-refractivity contribution in [3.05, 3.63) is 77.4 Å². The second kappa shape index (κ2) is 11.6. The molecular formula is C27H30FN5O3. The molecule has 1 aromatic heterocycles. The van der Waals surface area contributed by atoms with Crippen LogP contribution in [0.5, 0.6) is 5.75 Å². The molecule has 4 rings (SSSR count). The van der Waals surface area contributed by atoms with Crippen molar-refractivity contribution in [1.29, 1.82) is 0 Å². The summed E-state index contributed by atoms with van der Waals surface area (Å²) in [6, 6.07) is 11.3. The Morgan fingerprint density at radius 3 is 2.75 bits per heavy atom. The van der Waals surface area contributed by atoms with Crippen LogP contribution in [0.4, 0.5) is 10.2 Å². The highest BCUT2D eigenvalue weighted by Crippen LogP contribution is 2.26. The van der Waals surface area contributed by atoms with Gasteiger partial charge in [0.2, 0.25) is 0 Å². The zero-order chi connectivity index (χ0) is 25.5. The molecule has 3 aromatic rings. The molecule has 0 aliphatic carbocycles. The van der Waals surface area contributed by atoms with Crippen LogP contribution >= 0.6 is 0 Å².